The number of hydrogen-bond donors (Lipinski definition) is 2. The zero-order chi connectivity index (χ0) is 7.68. The first-order valence-corrected chi connectivity index (χ1v) is 3.86. The number of pyridine rings is 1. The predicted octanol–water partition coefficient (Wildman–Crippen LogP) is 0.783. The van der Waals surface area contributed by atoms with Crippen LogP contribution in [0.3, 0.4) is 0 Å². The molecule has 0 saturated heterocycles. The Kier molecular flexibility index (Phi) is 1.42. The van der Waals surface area contributed by atoms with Crippen molar-refractivity contribution in [1.29, 1.82) is 5.41 Å². The molecule has 0 unspecified atom stereocenters. The molecule has 0 radical (unpaired) electrons. The third-order valence-electron chi connectivity index (χ3n) is 1.95. The molecule has 11 heavy (non-hydrogen) atoms. The van der Waals surface area contributed by atoms with Crippen molar-refractivity contribution in [2.24, 2.45) is 0 Å². The van der Waals surface area contributed by atoms with Gasteiger partial charge in [-0.2, -0.15) is 0 Å². The van der Waals surface area contributed by atoms with Gasteiger partial charge in [-0.3, -0.25) is 5.41 Å². The van der Waals surface area contributed by atoms with Crippen molar-refractivity contribution in [1.82, 2.24) is 4.57 Å². The minimum Gasteiger partial charge on any atom is -0.371 e. The Morgan fingerprint density at radius 1 is 1.45 bits per heavy atom. The molecule has 1 aliphatic rings. The molecule has 0 saturated carbocycles. The number of fused-ring (bicyclic) bond motifs is 1. The predicted molar refractivity (Wildman–Crippen MR) is 43.4 cm³/mol. The number of aromatic nitrogens is 1. The lowest BCUT2D eigenvalue weighted by molar-refractivity contribution is 0.596. The van der Waals surface area contributed by atoms with Crippen LogP contribution in [0.15, 0.2) is 18.2 Å². The number of hydrogen-bond acceptors (Lipinski definition) is 2. The molecule has 58 valence electrons. The lowest BCUT2D eigenvalue weighted by Gasteiger charge is -2.20. The summed E-state index contributed by atoms with van der Waals surface area (Å²) in [5.41, 5.74) is 0.592. The molecule has 0 spiro atoms. The number of nitrogens with zero attached hydrogens (tertiary/aromatic N) is 1. The Labute approximate surface area is 65.2 Å². The Morgan fingerprint density at radius 2 is 2.36 bits per heavy atom. The van der Waals surface area contributed by atoms with Crippen LogP contribution < -0.4 is 10.8 Å². The molecule has 1 aromatic rings. The van der Waals surface area contributed by atoms with Gasteiger partial charge in [0.15, 0.2) is 0 Å². The van der Waals surface area contributed by atoms with Crippen LogP contribution in [0, 0.1) is 5.41 Å². The highest BCUT2D eigenvalue weighted by Crippen LogP contribution is 2.08. The van der Waals surface area contributed by atoms with Crippen LogP contribution in [0.2, 0.25) is 0 Å². The molecule has 0 bridgehead atoms. The van der Waals surface area contributed by atoms with Gasteiger partial charge in [0.1, 0.15) is 11.3 Å². The summed E-state index contributed by atoms with van der Waals surface area (Å²) in [6, 6.07) is 5.74. The molecule has 0 aliphatic carbocycles. The quantitative estimate of drug-likeness (QED) is 0.562. The van der Waals surface area contributed by atoms with Crippen molar-refractivity contribution < 1.29 is 0 Å². The van der Waals surface area contributed by atoms with Crippen LogP contribution in [0.5, 0.6) is 0 Å². The maximum Gasteiger partial charge on any atom is 0.126 e. The second-order valence-corrected chi connectivity index (χ2v) is 2.73. The normalized spacial score (nSPS) is 15.3. The van der Waals surface area contributed by atoms with E-state index < -0.39 is 0 Å². The molecular weight excluding hydrogens is 138 g/mol. The van der Waals surface area contributed by atoms with Gasteiger partial charge in [0.2, 0.25) is 0 Å². The van der Waals surface area contributed by atoms with Crippen molar-refractivity contribution in [3.63, 3.8) is 0 Å². The fraction of sp³-hybridized carbons (Fsp3) is 0.375. The number of nitrogens with one attached hydrogen (secondary N) is 2. The molecule has 0 fully saturated rings. The summed E-state index contributed by atoms with van der Waals surface area (Å²) < 4.78 is 1.99. The maximum absolute atomic E-state index is 7.57. The average molecular weight is 149 g/mol. The van der Waals surface area contributed by atoms with E-state index in [4.69, 9.17) is 5.41 Å². The minimum atomic E-state index is 0.592. The first kappa shape index (κ1) is 6.46. The average Bonchev–Trinajstić information content (AvgIpc) is 2.06. The van der Waals surface area contributed by atoms with E-state index in [0.717, 1.165) is 25.3 Å². The molecular formula is C8H11N3. The topological polar surface area (TPSA) is 40.8 Å². The van der Waals surface area contributed by atoms with Gasteiger partial charge in [-0.1, -0.05) is 6.07 Å². The van der Waals surface area contributed by atoms with E-state index >= 15 is 0 Å². The molecule has 1 aromatic heterocycles. The largest absolute Gasteiger partial charge is 0.371 e. The van der Waals surface area contributed by atoms with Gasteiger partial charge >= 0.3 is 0 Å². The van der Waals surface area contributed by atoms with Crippen molar-refractivity contribution in [2.75, 3.05) is 11.9 Å². The minimum absolute atomic E-state index is 0.592. The smallest absolute Gasteiger partial charge is 0.126 e. The molecule has 0 atom stereocenters. The number of rotatable bonds is 0. The van der Waals surface area contributed by atoms with Gasteiger partial charge in [-0.05, 0) is 18.6 Å². The van der Waals surface area contributed by atoms with Gasteiger partial charge in [0.25, 0.3) is 0 Å². The Morgan fingerprint density at radius 3 is 3.18 bits per heavy atom. The highest BCUT2D eigenvalue weighted by atomic mass is 15.1. The van der Waals surface area contributed by atoms with Gasteiger partial charge < -0.3 is 9.88 Å². The van der Waals surface area contributed by atoms with Gasteiger partial charge in [0, 0.05) is 13.1 Å². The molecule has 0 amide bonds. The summed E-state index contributed by atoms with van der Waals surface area (Å²) in [7, 11) is 0. The van der Waals surface area contributed by atoms with E-state index in [-0.39, 0.29) is 0 Å². The van der Waals surface area contributed by atoms with Crippen LogP contribution in [0.1, 0.15) is 6.42 Å². The van der Waals surface area contributed by atoms with E-state index in [1.807, 2.05) is 22.8 Å². The van der Waals surface area contributed by atoms with Gasteiger partial charge in [-0.15, -0.1) is 0 Å². The van der Waals surface area contributed by atoms with Crippen LogP contribution >= 0.6 is 0 Å². The molecule has 2 N–H and O–H groups in total. The fourth-order valence-electron chi connectivity index (χ4n) is 1.39. The zero-order valence-electron chi connectivity index (χ0n) is 6.30. The van der Waals surface area contributed by atoms with Crippen molar-refractivity contribution >= 4 is 5.82 Å². The Balaban J connectivity index is 2.58. The first-order valence-electron chi connectivity index (χ1n) is 3.86. The summed E-state index contributed by atoms with van der Waals surface area (Å²) in [5, 5.41) is 10.8. The summed E-state index contributed by atoms with van der Waals surface area (Å²) >= 11 is 0. The van der Waals surface area contributed by atoms with Crippen molar-refractivity contribution in [3.05, 3.63) is 23.7 Å². The van der Waals surface area contributed by atoms with Crippen LogP contribution in [-0.2, 0) is 6.54 Å². The van der Waals surface area contributed by atoms with Gasteiger partial charge in [0.05, 0.1) is 0 Å². The lowest BCUT2D eigenvalue weighted by Crippen LogP contribution is -2.27. The monoisotopic (exact) mass is 149 g/mol. The standard InChI is InChI=1S/C8H11N3/c9-7-3-1-4-8-10-5-2-6-11(7)8/h1,3-4,9-10H,2,5-6H2. The van der Waals surface area contributed by atoms with E-state index in [0.29, 0.717) is 5.49 Å². The highest BCUT2D eigenvalue weighted by molar-refractivity contribution is 5.36. The Bertz CT molecular complexity index is 313. The van der Waals surface area contributed by atoms with Crippen LogP contribution in [0.25, 0.3) is 0 Å². The van der Waals surface area contributed by atoms with Crippen molar-refractivity contribution in [3.8, 4) is 0 Å². The molecule has 3 heteroatoms. The molecule has 1 aliphatic heterocycles. The highest BCUT2D eigenvalue weighted by Gasteiger charge is 2.04. The third kappa shape index (κ3) is 1.02. The van der Waals surface area contributed by atoms with Gasteiger partial charge in [-0.25, -0.2) is 0 Å². The van der Waals surface area contributed by atoms with Crippen molar-refractivity contribution in [2.45, 2.75) is 13.0 Å². The summed E-state index contributed by atoms with van der Waals surface area (Å²) in [5.74, 6) is 1.07. The van der Waals surface area contributed by atoms with Crippen LogP contribution in [-0.4, -0.2) is 11.1 Å². The third-order valence-corrected chi connectivity index (χ3v) is 1.95. The fourth-order valence-corrected chi connectivity index (χ4v) is 1.39. The van der Waals surface area contributed by atoms with E-state index in [9.17, 15) is 0 Å². The SMILES string of the molecule is N=c1cccc2n1CCCN2. The first-order chi connectivity index (χ1) is 5.38. The van der Waals surface area contributed by atoms with E-state index in [1.165, 1.54) is 0 Å². The molecule has 0 aromatic carbocycles. The molecule has 2 heterocycles. The second kappa shape index (κ2) is 2.42. The summed E-state index contributed by atoms with van der Waals surface area (Å²) in [4.78, 5) is 0. The summed E-state index contributed by atoms with van der Waals surface area (Å²) in [6.45, 7) is 2.01. The number of anilines is 1. The maximum atomic E-state index is 7.57. The van der Waals surface area contributed by atoms with E-state index in [1.54, 1.807) is 0 Å². The molecule has 2 rings (SSSR count). The van der Waals surface area contributed by atoms with E-state index in [2.05, 4.69) is 5.32 Å². The second-order valence-electron chi connectivity index (χ2n) is 2.73. The molecule has 3 nitrogen and oxygen atoms in total. The van der Waals surface area contributed by atoms with Crippen LogP contribution in [0.4, 0.5) is 5.82 Å². The lowest BCUT2D eigenvalue weighted by atomic mass is 10.3. The Hall–Kier alpha value is -1.25. The summed E-state index contributed by atoms with van der Waals surface area (Å²) in [6.07, 6.45) is 1.12. The zero-order valence-corrected chi connectivity index (χ0v) is 6.30.